The van der Waals surface area contributed by atoms with E-state index >= 15 is 0 Å². The number of hydrogen-bond acceptors (Lipinski definition) is 11. The molecule has 0 bridgehead atoms. The molecule has 1 aromatic heterocycles. The molecule has 1 aliphatic rings. The van der Waals surface area contributed by atoms with E-state index in [1.54, 1.807) is 27.7 Å². The van der Waals surface area contributed by atoms with Crippen LogP contribution in [0, 0.1) is 6.92 Å². The summed E-state index contributed by atoms with van der Waals surface area (Å²) in [6.07, 6.45) is -3.25. The van der Waals surface area contributed by atoms with Gasteiger partial charge in [0.05, 0.1) is 11.0 Å². The molecular weight excluding hydrogens is 600 g/mol. The van der Waals surface area contributed by atoms with Crippen LogP contribution in [-0.4, -0.2) is 71.2 Å². The zero-order valence-electron chi connectivity index (χ0n) is 26.8. The number of methoxy groups -OCH3 is 1. The highest BCUT2D eigenvalue weighted by Crippen LogP contribution is 2.38. The summed E-state index contributed by atoms with van der Waals surface area (Å²) in [6, 6.07) is 7.18. The molecule has 13 nitrogen and oxygen atoms in total. The number of phenols is 1. The van der Waals surface area contributed by atoms with Crippen LogP contribution in [0.15, 0.2) is 51.2 Å². The second-order valence-electron chi connectivity index (χ2n) is 11.7. The molecule has 2 amide bonds. The van der Waals surface area contributed by atoms with Gasteiger partial charge in [-0.3, -0.25) is 4.79 Å². The van der Waals surface area contributed by atoms with Crippen molar-refractivity contribution in [3.63, 3.8) is 0 Å². The van der Waals surface area contributed by atoms with Crippen molar-refractivity contribution in [1.82, 2.24) is 5.32 Å². The van der Waals surface area contributed by atoms with Gasteiger partial charge in [-0.15, -0.1) is 0 Å². The summed E-state index contributed by atoms with van der Waals surface area (Å²) in [7, 11) is 1.41. The molecule has 4 rings (SSSR count). The van der Waals surface area contributed by atoms with E-state index < -0.39 is 59.3 Å². The quantitative estimate of drug-likeness (QED) is 0.166. The number of phenolic OH excluding ortho intramolecular Hbond substituents is 1. The van der Waals surface area contributed by atoms with Crippen LogP contribution in [0.4, 0.5) is 10.5 Å². The number of hydrogen-bond donors (Lipinski definition) is 5. The first-order chi connectivity index (χ1) is 21.7. The smallest absolute Gasteiger partial charge is 0.407 e. The van der Waals surface area contributed by atoms with Crippen LogP contribution >= 0.6 is 0 Å². The number of aliphatic hydroxyl groups is 1. The molecule has 2 heterocycles. The summed E-state index contributed by atoms with van der Waals surface area (Å²) < 4.78 is 28.5. The molecule has 248 valence electrons. The van der Waals surface area contributed by atoms with E-state index in [0.717, 1.165) is 5.57 Å². The lowest BCUT2D eigenvalue weighted by Gasteiger charge is -2.47. The number of nitrogens with one attached hydrogen (secondary N) is 2. The molecule has 4 atom stereocenters. The first kappa shape index (κ1) is 34.3. The van der Waals surface area contributed by atoms with E-state index in [4.69, 9.17) is 23.4 Å². The number of aryl methyl sites for hydroxylation is 1. The summed E-state index contributed by atoms with van der Waals surface area (Å²) >= 11 is 0. The maximum Gasteiger partial charge on any atom is 0.407 e. The fourth-order valence-corrected chi connectivity index (χ4v) is 5.24. The predicted octanol–water partition coefficient (Wildman–Crippen LogP) is 4.28. The van der Waals surface area contributed by atoms with Gasteiger partial charge < -0.3 is 49.3 Å². The summed E-state index contributed by atoms with van der Waals surface area (Å²) in [6.45, 7) is 10.8. The van der Waals surface area contributed by atoms with E-state index in [1.165, 1.54) is 37.4 Å². The fourth-order valence-electron chi connectivity index (χ4n) is 5.24. The SMILES string of the molecule is CCNC(=O)O[C@H]1[C@@H](O)[C@H](Oc2ccc3c(O)c(NC(=O)c4ccc(O)c(CC=C(C)C)c4)c(=O)oc3c2C)OC(C)(C)[C@@H]1OC. The lowest BCUT2D eigenvalue weighted by Crippen LogP contribution is -2.65. The Labute approximate surface area is 265 Å². The average molecular weight is 641 g/mol. The van der Waals surface area contributed by atoms with Crippen molar-refractivity contribution in [2.45, 2.75) is 78.2 Å². The molecule has 1 aliphatic heterocycles. The van der Waals surface area contributed by atoms with Crippen LogP contribution in [0.3, 0.4) is 0 Å². The number of rotatable bonds is 9. The lowest BCUT2D eigenvalue weighted by atomic mass is 9.89. The summed E-state index contributed by atoms with van der Waals surface area (Å²) in [4.78, 5) is 38.3. The number of carbonyl (C=O) groups is 2. The molecule has 2 aromatic carbocycles. The molecule has 0 radical (unpaired) electrons. The van der Waals surface area contributed by atoms with Gasteiger partial charge in [0.1, 0.15) is 23.2 Å². The van der Waals surface area contributed by atoms with Gasteiger partial charge >= 0.3 is 11.7 Å². The first-order valence-electron chi connectivity index (χ1n) is 14.7. The highest BCUT2D eigenvalue weighted by Gasteiger charge is 2.53. The van der Waals surface area contributed by atoms with E-state index in [2.05, 4.69) is 10.6 Å². The molecule has 0 unspecified atom stereocenters. The standard InChI is InChI=1S/C33H40N2O11/c1-8-34-32(41)45-27-25(38)31(46-33(5,6)28(27)42-7)43-22-14-12-20-24(37)23(30(40)44-26(20)17(22)4)35-29(39)19-11-13-21(36)18(15-19)10-9-16(2)3/h9,11-15,25,27-28,31,36-38H,8,10H2,1-7H3,(H,34,41)(H,35,39)/t25-,27+,28-,31-/m1/s1. The number of anilines is 1. The zero-order chi connectivity index (χ0) is 33.9. The normalized spacial score (nSPS) is 20.5. The van der Waals surface area contributed by atoms with Crippen molar-refractivity contribution in [2.75, 3.05) is 19.0 Å². The van der Waals surface area contributed by atoms with Crippen molar-refractivity contribution >= 4 is 28.7 Å². The largest absolute Gasteiger partial charge is 0.508 e. The molecule has 46 heavy (non-hydrogen) atoms. The summed E-state index contributed by atoms with van der Waals surface area (Å²) in [5, 5.41) is 37.4. The monoisotopic (exact) mass is 640 g/mol. The second-order valence-corrected chi connectivity index (χ2v) is 11.7. The van der Waals surface area contributed by atoms with Gasteiger partial charge in [0.15, 0.2) is 23.6 Å². The van der Waals surface area contributed by atoms with Crippen LogP contribution in [0.2, 0.25) is 0 Å². The molecule has 5 N–H and O–H groups in total. The Bertz CT molecular complexity index is 1710. The number of aromatic hydroxyl groups is 2. The first-order valence-corrected chi connectivity index (χ1v) is 14.7. The predicted molar refractivity (Wildman–Crippen MR) is 168 cm³/mol. The van der Waals surface area contributed by atoms with Crippen molar-refractivity contribution in [3.05, 3.63) is 69.1 Å². The van der Waals surface area contributed by atoms with Crippen molar-refractivity contribution < 1.29 is 48.3 Å². The van der Waals surface area contributed by atoms with Gasteiger partial charge in [0.2, 0.25) is 6.29 Å². The van der Waals surface area contributed by atoms with E-state index in [1.807, 2.05) is 19.9 Å². The minimum atomic E-state index is -1.48. The average Bonchev–Trinajstić information content (AvgIpc) is 2.98. The van der Waals surface area contributed by atoms with Gasteiger partial charge in [-0.2, -0.15) is 0 Å². The van der Waals surface area contributed by atoms with Crippen LogP contribution in [0.25, 0.3) is 11.0 Å². The van der Waals surface area contributed by atoms with Gasteiger partial charge in [-0.25, -0.2) is 9.59 Å². The number of fused-ring (bicyclic) bond motifs is 1. The zero-order valence-corrected chi connectivity index (χ0v) is 26.8. The summed E-state index contributed by atoms with van der Waals surface area (Å²) in [5.41, 5.74) is -0.575. The van der Waals surface area contributed by atoms with E-state index in [9.17, 15) is 29.7 Å². The van der Waals surface area contributed by atoms with Crippen molar-refractivity contribution in [2.24, 2.45) is 0 Å². The van der Waals surface area contributed by atoms with Crippen LogP contribution in [0.5, 0.6) is 17.2 Å². The number of benzene rings is 2. The van der Waals surface area contributed by atoms with Crippen LogP contribution in [-0.2, 0) is 20.6 Å². The molecule has 1 saturated heterocycles. The number of allylic oxidation sites excluding steroid dienone is 2. The van der Waals surface area contributed by atoms with Gasteiger partial charge in [-0.05, 0) is 83.9 Å². The van der Waals surface area contributed by atoms with Crippen LogP contribution in [0.1, 0.15) is 56.1 Å². The topological polar surface area (TPSA) is 186 Å². The highest BCUT2D eigenvalue weighted by molar-refractivity contribution is 6.06. The molecular formula is C33H40N2O11. The Morgan fingerprint density at radius 1 is 1.13 bits per heavy atom. The third-order valence-corrected chi connectivity index (χ3v) is 7.64. The maximum absolute atomic E-state index is 13.1. The number of aliphatic hydroxyl groups excluding tert-OH is 1. The van der Waals surface area contributed by atoms with E-state index in [0.29, 0.717) is 18.5 Å². The minimum absolute atomic E-state index is 0.0221. The maximum atomic E-state index is 13.1. The number of ether oxygens (including phenoxy) is 4. The third-order valence-electron chi connectivity index (χ3n) is 7.64. The van der Waals surface area contributed by atoms with Gasteiger partial charge in [0.25, 0.3) is 5.91 Å². The van der Waals surface area contributed by atoms with E-state index in [-0.39, 0.29) is 33.6 Å². The van der Waals surface area contributed by atoms with Gasteiger partial charge in [-0.1, -0.05) is 11.6 Å². The summed E-state index contributed by atoms with van der Waals surface area (Å²) in [5.74, 6) is -1.05. The number of amides is 2. The molecule has 0 aliphatic carbocycles. The Morgan fingerprint density at radius 2 is 1.85 bits per heavy atom. The van der Waals surface area contributed by atoms with Gasteiger partial charge in [0, 0.05) is 24.8 Å². The molecule has 0 saturated carbocycles. The molecule has 13 heteroatoms. The number of alkyl carbamates (subject to hydrolysis) is 1. The second kappa shape index (κ2) is 13.8. The highest BCUT2D eigenvalue weighted by atomic mass is 16.7. The minimum Gasteiger partial charge on any atom is -0.508 e. The van der Waals surface area contributed by atoms with Crippen LogP contribution < -0.4 is 21.0 Å². The molecule has 3 aromatic rings. The third kappa shape index (κ3) is 7.11. The molecule has 0 spiro atoms. The lowest BCUT2D eigenvalue weighted by molar-refractivity contribution is -0.305. The Morgan fingerprint density at radius 3 is 2.50 bits per heavy atom. The molecule has 1 fully saturated rings. The Hall–Kier alpha value is -4.59. The number of carbonyl (C=O) groups excluding carboxylic acids is 2. The van der Waals surface area contributed by atoms with Crippen molar-refractivity contribution in [1.29, 1.82) is 0 Å². The fraction of sp³-hybridized carbons (Fsp3) is 0.424. The van der Waals surface area contributed by atoms with Crippen molar-refractivity contribution in [3.8, 4) is 17.2 Å². The Kier molecular flexibility index (Phi) is 10.3. The Balaban J connectivity index is 1.62.